The lowest BCUT2D eigenvalue weighted by molar-refractivity contribution is 0.640. The minimum absolute atomic E-state index is 0.703. The Bertz CT molecular complexity index is 323. The second-order valence-electron chi connectivity index (χ2n) is 4.00. The molecule has 4 N–H and O–H groups in total. The molecule has 1 aromatic carbocycles. The van der Waals surface area contributed by atoms with Crippen molar-refractivity contribution in [2.24, 2.45) is 5.73 Å². The molecule has 0 fully saturated rings. The zero-order chi connectivity index (χ0) is 10.5. The summed E-state index contributed by atoms with van der Waals surface area (Å²) in [6.07, 6.45) is 1.15. The van der Waals surface area contributed by atoms with E-state index in [0.717, 1.165) is 32.6 Å². The van der Waals surface area contributed by atoms with Gasteiger partial charge in [-0.25, -0.2) is 0 Å². The van der Waals surface area contributed by atoms with E-state index in [4.69, 9.17) is 5.73 Å². The third-order valence-corrected chi connectivity index (χ3v) is 2.81. The van der Waals surface area contributed by atoms with Gasteiger partial charge in [-0.05, 0) is 29.7 Å². The first-order chi connectivity index (χ1) is 7.40. The topological polar surface area (TPSA) is 50.1 Å². The van der Waals surface area contributed by atoms with Crippen molar-refractivity contribution in [1.29, 1.82) is 0 Å². The summed E-state index contributed by atoms with van der Waals surface area (Å²) in [5, 5.41) is 6.70. The highest BCUT2D eigenvalue weighted by atomic mass is 14.9. The highest BCUT2D eigenvalue weighted by molar-refractivity contribution is 5.33. The monoisotopic (exact) mass is 205 g/mol. The van der Waals surface area contributed by atoms with E-state index in [1.165, 1.54) is 16.7 Å². The Hall–Kier alpha value is -0.900. The lowest BCUT2D eigenvalue weighted by Crippen LogP contribution is -2.24. The molecule has 0 atom stereocenters. The number of nitrogens with two attached hydrogens (primary N) is 1. The van der Waals surface area contributed by atoms with Gasteiger partial charge in [0.1, 0.15) is 0 Å². The molecule has 2 rings (SSSR count). The molecule has 0 spiro atoms. The number of fused-ring (bicyclic) bond motifs is 1. The van der Waals surface area contributed by atoms with Crippen LogP contribution in [-0.2, 0) is 19.5 Å². The van der Waals surface area contributed by atoms with Crippen molar-refractivity contribution in [1.82, 2.24) is 10.6 Å². The first kappa shape index (κ1) is 10.6. The van der Waals surface area contributed by atoms with Gasteiger partial charge in [-0.1, -0.05) is 18.2 Å². The standard InChI is InChI=1S/C12H19N3/c13-4-6-15-8-10-1-2-12-9-14-5-3-11(12)7-10/h1-2,7,14-15H,3-6,8-9,13H2. The molecule has 0 saturated heterocycles. The van der Waals surface area contributed by atoms with E-state index in [1.807, 2.05) is 0 Å². The van der Waals surface area contributed by atoms with Crippen molar-refractivity contribution in [2.45, 2.75) is 19.5 Å². The van der Waals surface area contributed by atoms with E-state index in [9.17, 15) is 0 Å². The summed E-state index contributed by atoms with van der Waals surface area (Å²) < 4.78 is 0. The van der Waals surface area contributed by atoms with Crippen LogP contribution in [0.25, 0.3) is 0 Å². The average Bonchev–Trinajstić information content (AvgIpc) is 2.29. The molecule has 1 aliphatic heterocycles. The maximum Gasteiger partial charge on any atom is 0.0208 e. The molecule has 82 valence electrons. The van der Waals surface area contributed by atoms with Crippen LogP contribution in [0.2, 0.25) is 0 Å². The van der Waals surface area contributed by atoms with E-state index in [-0.39, 0.29) is 0 Å². The second-order valence-corrected chi connectivity index (χ2v) is 4.00. The fourth-order valence-electron chi connectivity index (χ4n) is 1.98. The summed E-state index contributed by atoms with van der Waals surface area (Å²) in [7, 11) is 0. The van der Waals surface area contributed by atoms with Crippen molar-refractivity contribution in [3.05, 3.63) is 34.9 Å². The molecule has 1 aromatic rings. The SMILES string of the molecule is NCCNCc1ccc2c(c1)CCNC2. The second kappa shape index (κ2) is 5.26. The summed E-state index contributed by atoms with van der Waals surface area (Å²) in [6, 6.07) is 6.76. The molecule has 0 aromatic heterocycles. The van der Waals surface area contributed by atoms with Gasteiger partial charge in [0.2, 0.25) is 0 Å². The van der Waals surface area contributed by atoms with Gasteiger partial charge in [0.05, 0.1) is 0 Å². The molecule has 0 saturated carbocycles. The van der Waals surface area contributed by atoms with Crippen LogP contribution in [-0.4, -0.2) is 19.6 Å². The summed E-state index contributed by atoms with van der Waals surface area (Å²) in [5.41, 5.74) is 9.75. The largest absolute Gasteiger partial charge is 0.329 e. The Morgan fingerprint density at radius 2 is 2.27 bits per heavy atom. The van der Waals surface area contributed by atoms with Crippen LogP contribution in [0.15, 0.2) is 18.2 Å². The predicted molar refractivity (Wildman–Crippen MR) is 62.6 cm³/mol. The van der Waals surface area contributed by atoms with Gasteiger partial charge in [-0.2, -0.15) is 0 Å². The van der Waals surface area contributed by atoms with E-state index in [0.29, 0.717) is 6.54 Å². The Labute approximate surface area is 91.1 Å². The molecule has 1 aliphatic rings. The quantitative estimate of drug-likeness (QED) is 0.623. The van der Waals surface area contributed by atoms with Crippen LogP contribution in [0.4, 0.5) is 0 Å². The number of benzene rings is 1. The first-order valence-electron chi connectivity index (χ1n) is 5.62. The van der Waals surface area contributed by atoms with Crippen LogP contribution in [0.3, 0.4) is 0 Å². The molecule has 0 amide bonds. The van der Waals surface area contributed by atoms with Crippen molar-refractivity contribution >= 4 is 0 Å². The molecular weight excluding hydrogens is 186 g/mol. The molecule has 0 aliphatic carbocycles. The van der Waals surface area contributed by atoms with Crippen molar-refractivity contribution in [3.63, 3.8) is 0 Å². The molecule has 1 heterocycles. The van der Waals surface area contributed by atoms with Crippen molar-refractivity contribution in [3.8, 4) is 0 Å². The Kier molecular flexibility index (Phi) is 3.72. The van der Waals surface area contributed by atoms with Gasteiger partial charge in [-0.15, -0.1) is 0 Å². The third kappa shape index (κ3) is 2.78. The predicted octanol–water partition coefficient (Wildman–Crippen LogP) is 0.381. The number of hydrogen-bond acceptors (Lipinski definition) is 3. The summed E-state index contributed by atoms with van der Waals surface area (Å²) in [6.45, 7) is 4.64. The van der Waals surface area contributed by atoms with Gasteiger partial charge >= 0.3 is 0 Å². The number of nitrogens with one attached hydrogen (secondary N) is 2. The van der Waals surface area contributed by atoms with Gasteiger partial charge < -0.3 is 16.4 Å². The third-order valence-electron chi connectivity index (χ3n) is 2.81. The van der Waals surface area contributed by atoms with Crippen LogP contribution in [0.1, 0.15) is 16.7 Å². The minimum atomic E-state index is 0.703. The summed E-state index contributed by atoms with van der Waals surface area (Å²) in [4.78, 5) is 0. The maximum absolute atomic E-state index is 5.43. The van der Waals surface area contributed by atoms with E-state index in [1.54, 1.807) is 0 Å². The van der Waals surface area contributed by atoms with Gasteiger partial charge in [0, 0.05) is 26.2 Å². The number of rotatable bonds is 4. The maximum atomic E-state index is 5.43. The molecular formula is C12H19N3. The number of hydrogen-bond donors (Lipinski definition) is 3. The van der Waals surface area contributed by atoms with Gasteiger partial charge in [0.15, 0.2) is 0 Å². The molecule has 0 radical (unpaired) electrons. The fraction of sp³-hybridized carbons (Fsp3) is 0.500. The smallest absolute Gasteiger partial charge is 0.0208 e. The lowest BCUT2D eigenvalue weighted by atomic mass is 9.98. The summed E-state index contributed by atoms with van der Waals surface area (Å²) in [5.74, 6) is 0. The highest BCUT2D eigenvalue weighted by Crippen LogP contribution is 2.15. The molecule has 3 nitrogen and oxygen atoms in total. The van der Waals surface area contributed by atoms with E-state index in [2.05, 4.69) is 28.8 Å². The van der Waals surface area contributed by atoms with Crippen LogP contribution >= 0.6 is 0 Å². The average molecular weight is 205 g/mol. The molecule has 0 bridgehead atoms. The van der Waals surface area contributed by atoms with Gasteiger partial charge in [0.25, 0.3) is 0 Å². The Balaban J connectivity index is 2.00. The van der Waals surface area contributed by atoms with Gasteiger partial charge in [-0.3, -0.25) is 0 Å². The minimum Gasteiger partial charge on any atom is -0.329 e. The normalized spacial score (nSPS) is 15.0. The molecule has 3 heteroatoms. The lowest BCUT2D eigenvalue weighted by Gasteiger charge is -2.18. The van der Waals surface area contributed by atoms with E-state index >= 15 is 0 Å². The Morgan fingerprint density at radius 1 is 1.33 bits per heavy atom. The molecule has 0 unspecified atom stereocenters. The zero-order valence-corrected chi connectivity index (χ0v) is 9.05. The summed E-state index contributed by atoms with van der Waals surface area (Å²) >= 11 is 0. The molecule has 15 heavy (non-hydrogen) atoms. The Morgan fingerprint density at radius 3 is 3.13 bits per heavy atom. The van der Waals surface area contributed by atoms with Crippen LogP contribution < -0.4 is 16.4 Å². The van der Waals surface area contributed by atoms with Crippen molar-refractivity contribution < 1.29 is 0 Å². The fourth-order valence-corrected chi connectivity index (χ4v) is 1.98. The van der Waals surface area contributed by atoms with Crippen molar-refractivity contribution in [2.75, 3.05) is 19.6 Å². The first-order valence-corrected chi connectivity index (χ1v) is 5.62. The zero-order valence-electron chi connectivity index (χ0n) is 9.05. The highest BCUT2D eigenvalue weighted by Gasteiger charge is 2.08. The van der Waals surface area contributed by atoms with E-state index < -0.39 is 0 Å². The van der Waals surface area contributed by atoms with Crippen LogP contribution in [0.5, 0.6) is 0 Å². The van der Waals surface area contributed by atoms with Crippen LogP contribution in [0, 0.1) is 0 Å².